The van der Waals surface area contributed by atoms with Gasteiger partial charge in [0.2, 0.25) is 5.91 Å². The number of hydrogen-bond donors (Lipinski definition) is 0. The number of amides is 2. The fourth-order valence-electron chi connectivity index (χ4n) is 3.82. The number of rotatable bonds is 4. The molecule has 0 N–H and O–H groups in total. The Balaban J connectivity index is 1.57. The summed E-state index contributed by atoms with van der Waals surface area (Å²) in [6, 6.07) is 15.2. The third-order valence-corrected chi connectivity index (χ3v) is 5.39. The third kappa shape index (κ3) is 3.97. The minimum Gasteiger partial charge on any atom is -0.345 e. The quantitative estimate of drug-likeness (QED) is 0.689. The molecule has 6 nitrogen and oxygen atoms in total. The third-order valence-electron chi connectivity index (χ3n) is 5.39. The molecule has 148 valence electrons. The Morgan fingerprint density at radius 1 is 1.14 bits per heavy atom. The maximum Gasteiger partial charge on any atom is 0.254 e. The van der Waals surface area contributed by atoms with E-state index in [2.05, 4.69) is 4.98 Å². The lowest BCUT2D eigenvalue weighted by Crippen LogP contribution is -2.30. The fourth-order valence-corrected chi connectivity index (χ4v) is 3.82. The van der Waals surface area contributed by atoms with Gasteiger partial charge in [0.1, 0.15) is 0 Å². The van der Waals surface area contributed by atoms with Gasteiger partial charge >= 0.3 is 0 Å². The zero-order valence-corrected chi connectivity index (χ0v) is 16.7. The van der Waals surface area contributed by atoms with Crippen molar-refractivity contribution in [3.8, 4) is 0 Å². The van der Waals surface area contributed by atoms with Gasteiger partial charge in [-0.3, -0.25) is 19.6 Å². The molecule has 1 aliphatic rings. The highest BCUT2D eigenvalue weighted by atomic mass is 16.2. The number of likely N-dealkylation sites (tertiary alicyclic amines) is 1. The Labute approximate surface area is 170 Å². The predicted molar refractivity (Wildman–Crippen MR) is 112 cm³/mol. The number of carbonyl (C=O) groups excluding carboxylic acids is 2. The van der Waals surface area contributed by atoms with Crippen LogP contribution in [0.4, 0.5) is 0 Å². The summed E-state index contributed by atoms with van der Waals surface area (Å²) < 4.78 is 0. The smallest absolute Gasteiger partial charge is 0.254 e. The number of aromatic nitrogens is 2. The molecule has 0 aliphatic carbocycles. The van der Waals surface area contributed by atoms with Crippen LogP contribution in [0.2, 0.25) is 0 Å². The summed E-state index contributed by atoms with van der Waals surface area (Å²) in [5.41, 5.74) is 3.13. The van der Waals surface area contributed by atoms with Crippen LogP contribution >= 0.6 is 0 Å². The monoisotopic (exact) mass is 388 g/mol. The first-order valence-corrected chi connectivity index (χ1v) is 9.82. The SMILES string of the molecule is CN(C)C(=O)c1cc([C@@H]2CCN(C(=O)Cc3ccccn3)C2)nc2ccccc12. The molecule has 1 aromatic carbocycles. The molecule has 1 aliphatic heterocycles. The maximum atomic E-state index is 12.7. The first-order chi connectivity index (χ1) is 14.0. The Morgan fingerprint density at radius 3 is 2.69 bits per heavy atom. The molecule has 0 bridgehead atoms. The highest BCUT2D eigenvalue weighted by Crippen LogP contribution is 2.30. The molecule has 0 saturated carbocycles. The summed E-state index contributed by atoms with van der Waals surface area (Å²) in [5, 5.41) is 0.857. The van der Waals surface area contributed by atoms with Crippen molar-refractivity contribution in [1.82, 2.24) is 19.8 Å². The minimum atomic E-state index is -0.0362. The van der Waals surface area contributed by atoms with Crippen LogP contribution in [-0.2, 0) is 11.2 Å². The number of fused-ring (bicyclic) bond motifs is 1. The standard InChI is InChI=1S/C23H24N4O2/c1-26(2)23(29)19-14-21(25-20-9-4-3-8-18(19)20)16-10-12-27(15-16)22(28)13-17-7-5-6-11-24-17/h3-9,11,14,16H,10,12-13,15H2,1-2H3/t16-/m1/s1. The largest absolute Gasteiger partial charge is 0.345 e. The number of hydrogen-bond acceptors (Lipinski definition) is 4. The minimum absolute atomic E-state index is 0.0362. The average molecular weight is 388 g/mol. The Kier molecular flexibility index (Phi) is 5.25. The summed E-state index contributed by atoms with van der Waals surface area (Å²) in [6.07, 6.45) is 2.86. The van der Waals surface area contributed by atoms with Crippen LogP contribution in [0.15, 0.2) is 54.7 Å². The fraction of sp³-hybridized carbons (Fsp3) is 0.304. The first kappa shape index (κ1) is 19.1. The number of benzene rings is 1. The van der Waals surface area contributed by atoms with Gasteiger partial charge in [-0.15, -0.1) is 0 Å². The van der Waals surface area contributed by atoms with Crippen LogP contribution in [0, 0.1) is 0 Å². The summed E-state index contributed by atoms with van der Waals surface area (Å²) in [5.74, 6) is 0.170. The van der Waals surface area contributed by atoms with Gasteiger partial charge in [-0.2, -0.15) is 0 Å². The molecular formula is C23H24N4O2. The van der Waals surface area contributed by atoms with E-state index in [1.807, 2.05) is 53.4 Å². The van der Waals surface area contributed by atoms with E-state index >= 15 is 0 Å². The van der Waals surface area contributed by atoms with E-state index in [0.29, 0.717) is 25.1 Å². The van der Waals surface area contributed by atoms with Gasteiger partial charge in [0.15, 0.2) is 0 Å². The zero-order valence-electron chi connectivity index (χ0n) is 16.7. The van der Waals surface area contributed by atoms with E-state index in [4.69, 9.17) is 4.98 Å². The lowest BCUT2D eigenvalue weighted by Gasteiger charge is -2.18. The van der Waals surface area contributed by atoms with Gasteiger partial charge in [0.05, 0.1) is 17.5 Å². The van der Waals surface area contributed by atoms with Crippen molar-refractivity contribution in [2.24, 2.45) is 0 Å². The van der Waals surface area contributed by atoms with Crippen LogP contribution in [-0.4, -0.2) is 58.8 Å². The topological polar surface area (TPSA) is 66.4 Å². The molecule has 0 unspecified atom stereocenters. The maximum absolute atomic E-state index is 12.7. The number of carbonyl (C=O) groups is 2. The lowest BCUT2D eigenvalue weighted by atomic mass is 9.99. The van der Waals surface area contributed by atoms with E-state index in [1.54, 1.807) is 25.2 Å². The number of para-hydroxylation sites is 1. The second kappa shape index (κ2) is 7.99. The number of nitrogens with zero attached hydrogens (tertiary/aromatic N) is 4. The van der Waals surface area contributed by atoms with Crippen LogP contribution < -0.4 is 0 Å². The zero-order chi connectivity index (χ0) is 20.4. The molecule has 6 heteroatoms. The van der Waals surface area contributed by atoms with Crippen molar-refractivity contribution < 1.29 is 9.59 Å². The molecule has 0 spiro atoms. The summed E-state index contributed by atoms with van der Waals surface area (Å²) in [7, 11) is 3.51. The molecule has 2 amide bonds. The van der Waals surface area contributed by atoms with E-state index in [9.17, 15) is 9.59 Å². The summed E-state index contributed by atoms with van der Waals surface area (Å²) in [6.45, 7) is 1.31. The summed E-state index contributed by atoms with van der Waals surface area (Å²) >= 11 is 0. The van der Waals surface area contributed by atoms with Crippen molar-refractivity contribution >= 4 is 22.7 Å². The molecule has 0 radical (unpaired) electrons. The molecular weight excluding hydrogens is 364 g/mol. The Morgan fingerprint density at radius 2 is 1.93 bits per heavy atom. The van der Waals surface area contributed by atoms with Crippen molar-refractivity contribution in [2.45, 2.75) is 18.8 Å². The van der Waals surface area contributed by atoms with Crippen molar-refractivity contribution in [2.75, 3.05) is 27.2 Å². The molecule has 4 rings (SSSR count). The van der Waals surface area contributed by atoms with Gasteiger partial charge in [-0.25, -0.2) is 0 Å². The van der Waals surface area contributed by atoms with Gasteiger partial charge in [-0.05, 0) is 30.7 Å². The second-order valence-corrected chi connectivity index (χ2v) is 7.63. The van der Waals surface area contributed by atoms with Crippen LogP contribution in [0.1, 0.15) is 34.1 Å². The van der Waals surface area contributed by atoms with Crippen molar-refractivity contribution in [1.29, 1.82) is 0 Å². The highest BCUT2D eigenvalue weighted by Gasteiger charge is 2.29. The molecule has 1 fully saturated rings. The van der Waals surface area contributed by atoms with Crippen molar-refractivity contribution in [3.63, 3.8) is 0 Å². The van der Waals surface area contributed by atoms with Gasteiger partial charge in [-0.1, -0.05) is 24.3 Å². The van der Waals surface area contributed by atoms with E-state index in [-0.39, 0.29) is 17.7 Å². The summed E-state index contributed by atoms with van der Waals surface area (Å²) in [4.78, 5) is 37.9. The van der Waals surface area contributed by atoms with E-state index in [0.717, 1.165) is 28.7 Å². The van der Waals surface area contributed by atoms with Gasteiger partial charge < -0.3 is 9.80 Å². The average Bonchev–Trinajstić information content (AvgIpc) is 3.23. The molecule has 3 aromatic rings. The van der Waals surface area contributed by atoms with E-state index < -0.39 is 0 Å². The molecule has 1 atom stereocenters. The van der Waals surface area contributed by atoms with Crippen molar-refractivity contribution in [3.05, 3.63) is 71.7 Å². The molecule has 2 aromatic heterocycles. The van der Waals surface area contributed by atoms with Crippen LogP contribution in [0.3, 0.4) is 0 Å². The predicted octanol–water partition coefficient (Wildman–Crippen LogP) is 2.89. The van der Waals surface area contributed by atoms with Crippen LogP contribution in [0.25, 0.3) is 10.9 Å². The Bertz CT molecular complexity index is 1050. The molecule has 29 heavy (non-hydrogen) atoms. The first-order valence-electron chi connectivity index (χ1n) is 9.82. The Hall–Kier alpha value is -3.28. The van der Waals surface area contributed by atoms with Crippen LogP contribution in [0.5, 0.6) is 0 Å². The number of pyridine rings is 2. The van der Waals surface area contributed by atoms with Gasteiger partial charge in [0.25, 0.3) is 5.91 Å². The molecule has 1 saturated heterocycles. The molecule has 3 heterocycles. The normalized spacial score (nSPS) is 16.2. The second-order valence-electron chi connectivity index (χ2n) is 7.63. The highest BCUT2D eigenvalue weighted by molar-refractivity contribution is 6.06. The lowest BCUT2D eigenvalue weighted by molar-refractivity contribution is -0.129. The van der Waals surface area contributed by atoms with E-state index in [1.165, 1.54) is 0 Å². The van der Waals surface area contributed by atoms with Gasteiger partial charge in [0, 0.05) is 56.1 Å².